The van der Waals surface area contributed by atoms with Crippen LogP contribution >= 0.6 is 40.2 Å². The Morgan fingerprint density at radius 3 is 2.43 bits per heavy atom. The summed E-state index contributed by atoms with van der Waals surface area (Å²) >= 11 is 12.1. The van der Waals surface area contributed by atoms with Gasteiger partial charge < -0.3 is 15.0 Å². The summed E-state index contributed by atoms with van der Waals surface area (Å²) in [6, 6.07) is 2.64. The van der Waals surface area contributed by atoms with Gasteiger partial charge in [0, 0.05) is 16.6 Å². The molecular formula is C15H17BrCl2N2O3. The molecule has 1 unspecified atom stereocenters. The van der Waals surface area contributed by atoms with E-state index in [0.29, 0.717) is 17.0 Å². The lowest BCUT2D eigenvalue weighted by atomic mass is 9.98. The van der Waals surface area contributed by atoms with Gasteiger partial charge >= 0.3 is 5.97 Å². The van der Waals surface area contributed by atoms with Crippen LogP contribution in [0, 0.1) is 0 Å². The SMILES string of the molecule is Br.CCC(c1c(C(=O)O)[nH]c2cc(Cl)cc(Cl)c2c1=O)N(C)C. The van der Waals surface area contributed by atoms with Gasteiger partial charge in [0.1, 0.15) is 5.69 Å². The van der Waals surface area contributed by atoms with E-state index in [9.17, 15) is 14.7 Å². The van der Waals surface area contributed by atoms with E-state index in [2.05, 4.69) is 4.98 Å². The van der Waals surface area contributed by atoms with Crippen LogP contribution < -0.4 is 5.43 Å². The minimum atomic E-state index is -1.19. The molecule has 0 fully saturated rings. The molecule has 2 N–H and O–H groups in total. The van der Waals surface area contributed by atoms with Crippen molar-refractivity contribution in [2.45, 2.75) is 19.4 Å². The highest BCUT2D eigenvalue weighted by Crippen LogP contribution is 2.29. The van der Waals surface area contributed by atoms with Gasteiger partial charge in [-0.2, -0.15) is 0 Å². The molecule has 0 aliphatic heterocycles. The van der Waals surface area contributed by atoms with Crippen molar-refractivity contribution in [1.29, 1.82) is 0 Å². The molecule has 1 atom stereocenters. The number of nitrogens with one attached hydrogen (secondary N) is 1. The van der Waals surface area contributed by atoms with Crippen LogP contribution in [0.5, 0.6) is 0 Å². The first-order valence-electron chi connectivity index (χ1n) is 6.72. The van der Waals surface area contributed by atoms with Gasteiger partial charge in [-0.3, -0.25) is 4.79 Å². The van der Waals surface area contributed by atoms with E-state index in [1.165, 1.54) is 12.1 Å². The van der Waals surface area contributed by atoms with E-state index in [-0.39, 0.29) is 50.1 Å². The maximum Gasteiger partial charge on any atom is 0.352 e. The number of pyridine rings is 1. The van der Waals surface area contributed by atoms with Crippen LogP contribution in [0.2, 0.25) is 10.0 Å². The number of rotatable bonds is 4. The molecule has 5 nitrogen and oxygen atoms in total. The summed E-state index contributed by atoms with van der Waals surface area (Å²) < 4.78 is 0. The van der Waals surface area contributed by atoms with Crippen molar-refractivity contribution in [3.8, 4) is 0 Å². The van der Waals surface area contributed by atoms with Crippen molar-refractivity contribution < 1.29 is 9.90 Å². The first kappa shape index (κ1) is 20.0. The molecule has 0 aliphatic rings. The normalized spacial score (nSPS) is 12.3. The molecule has 126 valence electrons. The van der Waals surface area contributed by atoms with Gasteiger partial charge in [-0.05, 0) is 32.6 Å². The number of nitrogens with zero attached hydrogens (tertiary/aromatic N) is 1. The van der Waals surface area contributed by atoms with E-state index in [1.54, 1.807) is 14.1 Å². The predicted octanol–water partition coefficient (Wildman–Crippen LogP) is 4.12. The molecule has 0 radical (unpaired) electrons. The van der Waals surface area contributed by atoms with Gasteiger partial charge in [-0.15, -0.1) is 17.0 Å². The summed E-state index contributed by atoms with van der Waals surface area (Å²) in [5, 5.41) is 10.3. The number of H-pyrrole nitrogens is 1. The first-order chi connectivity index (χ1) is 10.3. The molecule has 0 saturated heterocycles. The quantitative estimate of drug-likeness (QED) is 0.775. The minimum absolute atomic E-state index is 0. The van der Waals surface area contributed by atoms with Gasteiger partial charge in [-0.1, -0.05) is 30.1 Å². The molecule has 8 heteroatoms. The number of carboxylic acid groups (broad SMARTS) is 1. The lowest BCUT2D eigenvalue weighted by molar-refractivity contribution is 0.0687. The third-order valence-corrected chi connectivity index (χ3v) is 4.13. The average molecular weight is 424 g/mol. The Labute approximate surface area is 154 Å². The van der Waals surface area contributed by atoms with Gasteiger partial charge in [0.25, 0.3) is 0 Å². The van der Waals surface area contributed by atoms with Crippen molar-refractivity contribution >= 4 is 57.1 Å². The molecule has 0 aliphatic carbocycles. The molecule has 2 rings (SSSR count). The Bertz CT molecular complexity index is 805. The topological polar surface area (TPSA) is 73.4 Å². The highest BCUT2D eigenvalue weighted by molar-refractivity contribution is 8.93. The third kappa shape index (κ3) is 3.71. The molecule has 1 heterocycles. The second-order valence-corrected chi connectivity index (χ2v) is 6.09. The molecule has 23 heavy (non-hydrogen) atoms. The molecule has 2 aromatic rings. The van der Waals surface area contributed by atoms with Crippen LogP contribution in [0.15, 0.2) is 16.9 Å². The molecular weight excluding hydrogens is 407 g/mol. The highest BCUT2D eigenvalue weighted by atomic mass is 79.9. The van der Waals surface area contributed by atoms with Gasteiger partial charge in [0.05, 0.1) is 15.9 Å². The summed E-state index contributed by atoms with van der Waals surface area (Å²) in [7, 11) is 3.60. The molecule has 1 aromatic carbocycles. The number of aromatic amines is 1. The zero-order valence-electron chi connectivity index (χ0n) is 12.8. The maximum absolute atomic E-state index is 12.9. The number of aromatic carboxylic acids is 1. The fourth-order valence-electron chi connectivity index (χ4n) is 2.67. The van der Waals surface area contributed by atoms with Crippen molar-refractivity contribution in [3.05, 3.63) is 43.7 Å². The lowest BCUT2D eigenvalue weighted by Crippen LogP contribution is -2.29. The molecule has 0 saturated carbocycles. The van der Waals surface area contributed by atoms with Crippen LogP contribution in [0.25, 0.3) is 10.9 Å². The first-order valence-corrected chi connectivity index (χ1v) is 7.48. The summed E-state index contributed by atoms with van der Waals surface area (Å²) in [6.07, 6.45) is 0.590. The smallest absolute Gasteiger partial charge is 0.352 e. The van der Waals surface area contributed by atoms with Crippen LogP contribution in [0.1, 0.15) is 35.4 Å². The van der Waals surface area contributed by atoms with Crippen molar-refractivity contribution in [3.63, 3.8) is 0 Å². The molecule has 1 aromatic heterocycles. The number of carbonyl (C=O) groups is 1. The third-order valence-electron chi connectivity index (χ3n) is 3.61. The number of hydrogen-bond donors (Lipinski definition) is 2. The van der Waals surface area contributed by atoms with E-state index in [4.69, 9.17) is 23.2 Å². The second kappa shape index (κ2) is 7.66. The summed E-state index contributed by atoms with van der Waals surface area (Å²) in [6.45, 7) is 1.89. The van der Waals surface area contributed by atoms with Gasteiger partial charge in [0.2, 0.25) is 0 Å². The largest absolute Gasteiger partial charge is 0.477 e. The van der Waals surface area contributed by atoms with Gasteiger partial charge in [0.15, 0.2) is 5.43 Å². The van der Waals surface area contributed by atoms with Gasteiger partial charge in [-0.25, -0.2) is 4.79 Å². The number of benzene rings is 1. The Hall–Kier alpha value is -1.08. The molecule has 0 amide bonds. The minimum Gasteiger partial charge on any atom is -0.477 e. The van der Waals surface area contributed by atoms with Crippen molar-refractivity contribution in [2.75, 3.05) is 14.1 Å². The maximum atomic E-state index is 12.9. The van der Waals surface area contributed by atoms with E-state index in [0.717, 1.165) is 0 Å². The average Bonchev–Trinajstić information content (AvgIpc) is 2.40. The zero-order chi connectivity index (χ0) is 16.6. The number of aromatic nitrogens is 1. The monoisotopic (exact) mass is 422 g/mol. The van der Waals surface area contributed by atoms with Crippen molar-refractivity contribution in [1.82, 2.24) is 9.88 Å². The van der Waals surface area contributed by atoms with E-state index < -0.39 is 5.97 Å². The van der Waals surface area contributed by atoms with Crippen molar-refractivity contribution in [2.24, 2.45) is 0 Å². The van der Waals surface area contributed by atoms with Crippen LogP contribution in [0.4, 0.5) is 0 Å². The Balaban J connectivity index is 0.00000264. The number of carboxylic acids is 1. The molecule has 0 bridgehead atoms. The standard InChI is InChI=1S/C15H16Cl2N2O3.BrH/c1-4-10(19(2)3)12-13(15(21)22)18-9-6-7(16)5-8(17)11(9)14(12)20;/h5-6,10H,4H2,1-3H3,(H,18,20)(H,21,22);1H. The highest BCUT2D eigenvalue weighted by Gasteiger charge is 2.26. The fourth-order valence-corrected chi connectivity index (χ4v) is 3.25. The van der Waals surface area contributed by atoms with E-state index >= 15 is 0 Å². The van der Waals surface area contributed by atoms with Crippen LogP contribution in [-0.4, -0.2) is 35.1 Å². The Morgan fingerprint density at radius 2 is 1.96 bits per heavy atom. The lowest BCUT2D eigenvalue weighted by Gasteiger charge is -2.24. The summed E-state index contributed by atoms with van der Waals surface area (Å²) in [4.78, 5) is 29.0. The second-order valence-electron chi connectivity index (χ2n) is 5.25. The van der Waals surface area contributed by atoms with Crippen LogP contribution in [-0.2, 0) is 0 Å². The Morgan fingerprint density at radius 1 is 1.35 bits per heavy atom. The molecule has 0 spiro atoms. The van der Waals surface area contributed by atoms with Crippen LogP contribution in [0.3, 0.4) is 0 Å². The predicted molar refractivity (Wildman–Crippen MR) is 98.6 cm³/mol. The van der Waals surface area contributed by atoms with E-state index in [1.807, 2.05) is 11.8 Å². The fraction of sp³-hybridized carbons (Fsp3) is 0.333. The summed E-state index contributed by atoms with van der Waals surface area (Å²) in [5.41, 5.74) is 0.0127. The summed E-state index contributed by atoms with van der Waals surface area (Å²) in [5.74, 6) is -1.19. The Kier molecular flexibility index (Phi) is 6.65. The zero-order valence-corrected chi connectivity index (χ0v) is 16.0. The number of hydrogen-bond acceptors (Lipinski definition) is 3. The number of fused-ring (bicyclic) bond motifs is 1. The number of halogens is 3.